The van der Waals surface area contributed by atoms with Gasteiger partial charge in [-0.15, -0.1) is 11.6 Å². The summed E-state index contributed by atoms with van der Waals surface area (Å²) in [5, 5.41) is 1.68. The molecule has 3 heteroatoms. The molecule has 1 aromatic heterocycles. The smallest absolute Gasteiger partial charge is 0.0705 e. The third-order valence-corrected chi connectivity index (χ3v) is 4.28. The van der Waals surface area contributed by atoms with E-state index in [1.807, 2.05) is 12.3 Å². The first kappa shape index (κ1) is 12.9. The molecule has 0 amide bonds. The zero-order valence-electron chi connectivity index (χ0n) is 11.2. The van der Waals surface area contributed by atoms with Gasteiger partial charge in [0.05, 0.1) is 5.52 Å². The third-order valence-electron chi connectivity index (χ3n) is 3.93. The predicted molar refractivity (Wildman–Crippen MR) is 80.4 cm³/mol. The molecule has 3 rings (SSSR count). The Morgan fingerprint density at radius 3 is 2.84 bits per heavy atom. The molecule has 2 aromatic rings. The fourth-order valence-corrected chi connectivity index (χ4v) is 3.40. The summed E-state index contributed by atoms with van der Waals surface area (Å²) in [7, 11) is 2.19. The highest BCUT2D eigenvalue weighted by Crippen LogP contribution is 2.32. The lowest BCUT2D eigenvalue weighted by Gasteiger charge is -2.34. The average Bonchev–Trinajstić information content (AvgIpc) is 2.37. The molecule has 0 radical (unpaired) electrons. The molecule has 0 spiro atoms. The number of fused-ring (bicyclic) bond motifs is 1. The Labute approximate surface area is 119 Å². The van der Waals surface area contributed by atoms with Crippen LogP contribution in [-0.2, 0) is 6.54 Å². The van der Waals surface area contributed by atoms with Gasteiger partial charge in [0.1, 0.15) is 0 Å². The lowest BCUT2D eigenvalue weighted by atomic mass is 9.84. The number of pyridine rings is 1. The van der Waals surface area contributed by atoms with Gasteiger partial charge in [0.25, 0.3) is 0 Å². The molecule has 0 saturated heterocycles. The number of alkyl halides is 1. The largest absolute Gasteiger partial charge is 0.302 e. The van der Waals surface area contributed by atoms with Crippen molar-refractivity contribution in [1.29, 1.82) is 0 Å². The SMILES string of the molecule is CN(Cc1ccnc2ccccc12)CC1CC(Cl)C1. The van der Waals surface area contributed by atoms with Crippen molar-refractivity contribution in [1.82, 2.24) is 9.88 Å². The van der Waals surface area contributed by atoms with Gasteiger partial charge in [-0.3, -0.25) is 4.98 Å². The van der Waals surface area contributed by atoms with E-state index in [2.05, 4.69) is 41.2 Å². The quantitative estimate of drug-likeness (QED) is 0.791. The van der Waals surface area contributed by atoms with Crippen LogP contribution in [0.1, 0.15) is 18.4 Å². The highest BCUT2D eigenvalue weighted by Gasteiger charge is 2.27. The molecule has 0 bridgehead atoms. The molecule has 1 fully saturated rings. The van der Waals surface area contributed by atoms with Gasteiger partial charge in [-0.25, -0.2) is 0 Å². The van der Waals surface area contributed by atoms with Crippen molar-refractivity contribution < 1.29 is 0 Å². The maximum absolute atomic E-state index is 6.04. The van der Waals surface area contributed by atoms with Crippen molar-refractivity contribution in [3.05, 3.63) is 42.1 Å². The van der Waals surface area contributed by atoms with Crippen LogP contribution in [0.5, 0.6) is 0 Å². The second kappa shape index (κ2) is 5.48. The zero-order valence-corrected chi connectivity index (χ0v) is 12.0. The van der Waals surface area contributed by atoms with E-state index < -0.39 is 0 Å². The van der Waals surface area contributed by atoms with Gasteiger partial charge >= 0.3 is 0 Å². The highest BCUT2D eigenvalue weighted by atomic mass is 35.5. The van der Waals surface area contributed by atoms with Gasteiger partial charge in [-0.1, -0.05) is 18.2 Å². The van der Waals surface area contributed by atoms with E-state index in [0.29, 0.717) is 5.38 Å². The first-order chi connectivity index (χ1) is 9.22. The molecule has 0 unspecified atom stereocenters. The minimum absolute atomic E-state index is 0.417. The standard InChI is InChI=1S/C16H19ClN2/c1-19(10-12-8-14(17)9-12)11-13-6-7-18-16-5-3-2-4-15(13)16/h2-7,12,14H,8-11H2,1H3. The van der Waals surface area contributed by atoms with Crippen LogP contribution in [0.3, 0.4) is 0 Å². The maximum Gasteiger partial charge on any atom is 0.0705 e. The normalized spacial score (nSPS) is 22.7. The summed E-state index contributed by atoms with van der Waals surface area (Å²) in [6, 6.07) is 10.5. The van der Waals surface area contributed by atoms with Gasteiger partial charge in [0.2, 0.25) is 0 Å². The van der Waals surface area contributed by atoms with E-state index in [1.54, 1.807) is 0 Å². The minimum Gasteiger partial charge on any atom is -0.302 e. The number of aromatic nitrogens is 1. The van der Waals surface area contributed by atoms with Crippen LogP contribution in [0.25, 0.3) is 10.9 Å². The molecule has 1 saturated carbocycles. The molecule has 1 aromatic carbocycles. The fraction of sp³-hybridized carbons (Fsp3) is 0.438. The van der Waals surface area contributed by atoms with E-state index in [1.165, 1.54) is 23.8 Å². The second-order valence-corrected chi connectivity index (χ2v) is 6.24. The van der Waals surface area contributed by atoms with Gasteiger partial charge in [0, 0.05) is 30.0 Å². The number of halogens is 1. The summed E-state index contributed by atoms with van der Waals surface area (Å²) in [6.07, 6.45) is 4.25. The first-order valence-electron chi connectivity index (χ1n) is 6.87. The molecule has 0 aliphatic heterocycles. The van der Waals surface area contributed by atoms with Crippen LogP contribution in [0.2, 0.25) is 0 Å². The maximum atomic E-state index is 6.04. The Morgan fingerprint density at radius 2 is 2.05 bits per heavy atom. The van der Waals surface area contributed by atoms with Crippen molar-refractivity contribution >= 4 is 22.5 Å². The van der Waals surface area contributed by atoms with E-state index in [4.69, 9.17) is 11.6 Å². The number of hydrogen-bond donors (Lipinski definition) is 0. The molecule has 1 heterocycles. The molecule has 0 atom stereocenters. The summed E-state index contributed by atoms with van der Waals surface area (Å²) in [5.74, 6) is 0.778. The molecule has 1 aliphatic rings. The number of benzene rings is 1. The Kier molecular flexibility index (Phi) is 3.72. The predicted octanol–water partition coefficient (Wildman–Crippen LogP) is 3.68. The van der Waals surface area contributed by atoms with Gasteiger partial charge in [-0.2, -0.15) is 0 Å². The van der Waals surface area contributed by atoms with Crippen molar-refractivity contribution in [3.8, 4) is 0 Å². The molecule has 1 aliphatic carbocycles. The molecule has 100 valence electrons. The number of hydrogen-bond acceptors (Lipinski definition) is 2. The zero-order chi connectivity index (χ0) is 13.2. The molecule has 19 heavy (non-hydrogen) atoms. The molecular weight excluding hydrogens is 256 g/mol. The molecule has 0 N–H and O–H groups in total. The van der Waals surface area contributed by atoms with Crippen LogP contribution in [0, 0.1) is 5.92 Å². The Bertz CT molecular complexity index is 558. The van der Waals surface area contributed by atoms with Crippen molar-refractivity contribution in [2.24, 2.45) is 5.92 Å². The summed E-state index contributed by atoms with van der Waals surface area (Å²) in [6.45, 7) is 2.12. The van der Waals surface area contributed by atoms with E-state index in [0.717, 1.165) is 24.5 Å². The highest BCUT2D eigenvalue weighted by molar-refractivity contribution is 6.21. The van der Waals surface area contributed by atoms with Crippen LogP contribution >= 0.6 is 11.6 Å². The Morgan fingerprint density at radius 1 is 1.26 bits per heavy atom. The van der Waals surface area contributed by atoms with Crippen molar-refractivity contribution in [3.63, 3.8) is 0 Å². The summed E-state index contributed by atoms with van der Waals surface area (Å²) < 4.78 is 0. The topological polar surface area (TPSA) is 16.1 Å². The number of rotatable bonds is 4. The van der Waals surface area contributed by atoms with Gasteiger partial charge in [0.15, 0.2) is 0 Å². The first-order valence-corrected chi connectivity index (χ1v) is 7.31. The lowest BCUT2D eigenvalue weighted by Crippen LogP contribution is -2.34. The van der Waals surface area contributed by atoms with E-state index >= 15 is 0 Å². The van der Waals surface area contributed by atoms with Gasteiger partial charge in [-0.05, 0) is 43.5 Å². The number of nitrogens with zero attached hydrogens (tertiary/aromatic N) is 2. The molecule has 2 nitrogen and oxygen atoms in total. The van der Waals surface area contributed by atoms with E-state index in [-0.39, 0.29) is 0 Å². The second-order valence-electron chi connectivity index (χ2n) is 5.62. The lowest BCUT2D eigenvalue weighted by molar-refractivity contribution is 0.204. The van der Waals surface area contributed by atoms with Crippen molar-refractivity contribution in [2.75, 3.05) is 13.6 Å². The molecular formula is C16H19ClN2. The summed E-state index contributed by atoms with van der Waals surface area (Å²) >= 11 is 6.04. The van der Waals surface area contributed by atoms with Crippen LogP contribution < -0.4 is 0 Å². The summed E-state index contributed by atoms with van der Waals surface area (Å²) in [4.78, 5) is 6.81. The fourth-order valence-electron chi connectivity index (χ4n) is 2.89. The number of para-hydroxylation sites is 1. The van der Waals surface area contributed by atoms with Gasteiger partial charge < -0.3 is 4.90 Å². The summed E-state index contributed by atoms with van der Waals surface area (Å²) in [5.41, 5.74) is 2.44. The Hall–Kier alpha value is -1.12. The van der Waals surface area contributed by atoms with E-state index in [9.17, 15) is 0 Å². The Balaban J connectivity index is 1.70. The van der Waals surface area contributed by atoms with Crippen LogP contribution in [0.15, 0.2) is 36.5 Å². The minimum atomic E-state index is 0.417. The third kappa shape index (κ3) is 2.90. The van der Waals surface area contributed by atoms with Crippen LogP contribution in [-0.4, -0.2) is 28.9 Å². The average molecular weight is 275 g/mol. The van der Waals surface area contributed by atoms with Crippen molar-refractivity contribution in [2.45, 2.75) is 24.8 Å². The van der Waals surface area contributed by atoms with Crippen LogP contribution in [0.4, 0.5) is 0 Å². The monoisotopic (exact) mass is 274 g/mol.